The molecule has 0 saturated heterocycles. The Hall–Kier alpha value is -1.47. The number of aliphatic hydroxyl groups is 1. The van der Waals surface area contributed by atoms with Crippen molar-refractivity contribution < 1.29 is 29.0 Å². The van der Waals surface area contributed by atoms with Crippen molar-refractivity contribution in [2.24, 2.45) is 17.3 Å². The molecule has 0 amide bonds. The van der Waals surface area contributed by atoms with Crippen LogP contribution in [0.1, 0.15) is 187 Å². The fourth-order valence-electron chi connectivity index (χ4n) is 7.71. The minimum Gasteiger partial charge on any atom is -0.466 e. The van der Waals surface area contributed by atoms with Crippen LogP contribution in [0.5, 0.6) is 0 Å². The Morgan fingerprint density at radius 1 is 0.638 bits per heavy atom. The highest BCUT2D eigenvalue weighted by Gasteiger charge is 2.57. The Balaban J connectivity index is 1.40. The molecule has 0 aliphatic heterocycles. The van der Waals surface area contributed by atoms with E-state index in [4.69, 9.17) is 9.47 Å². The Bertz CT molecular complexity index is 803. The normalized spacial score (nSPS) is 18.3. The fraction of sp³-hybridized carbons (Fsp3) is 0.925. The van der Waals surface area contributed by atoms with Crippen LogP contribution in [-0.4, -0.2) is 60.8 Å². The highest BCUT2D eigenvalue weighted by Crippen LogP contribution is 2.66. The molecule has 0 radical (unpaired) electrons. The number of hydrogen-bond acceptors (Lipinski definition) is 7. The lowest BCUT2D eigenvalue weighted by Crippen LogP contribution is -2.52. The topological polar surface area (TPSA) is 93.1 Å². The smallest absolute Gasteiger partial charge is 0.313 e. The number of carbonyl (C=O) groups excluding carboxylic acids is 3. The predicted octanol–water partition coefficient (Wildman–Crippen LogP) is 9.71. The Morgan fingerprint density at radius 3 is 1.66 bits per heavy atom. The van der Waals surface area contributed by atoms with Gasteiger partial charge in [0.2, 0.25) is 0 Å². The van der Waals surface area contributed by atoms with E-state index in [9.17, 15) is 19.5 Å². The van der Waals surface area contributed by atoms with E-state index in [1.165, 1.54) is 64.2 Å². The zero-order valence-corrected chi connectivity index (χ0v) is 30.7. The van der Waals surface area contributed by atoms with Crippen LogP contribution < -0.4 is 0 Å². The van der Waals surface area contributed by atoms with Gasteiger partial charge in [0.15, 0.2) is 0 Å². The summed E-state index contributed by atoms with van der Waals surface area (Å²) >= 11 is 0. The summed E-state index contributed by atoms with van der Waals surface area (Å²) in [5, 5.41) is 9.48. The second-order valence-corrected chi connectivity index (χ2v) is 15.2. The monoisotopic (exact) mass is 664 g/mol. The molecule has 2 bridgehead atoms. The summed E-state index contributed by atoms with van der Waals surface area (Å²) < 4.78 is 10.7. The maximum Gasteiger partial charge on any atom is 0.313 e. The van der Waals surface area contributed by atoms with Crippen LogP contribution in [0.15, 0.2) is 0 Å². The molecule has 7 nitrogen and oxygen atoms in total. The quantitative estimate of drug-likeness (QED) is 0.0424. The van der Waals surface area contributed by atoms with E-state index in [0.717, 1.165) is 109 Å². The first kappa shape index (κ1) is 41.7. The van der Waals surface area contributed by atoms with Gasteiger partial charge in [-0.2, -0.15) is 0 Å². The van der Waals surface area contributed by atoms with Gasteiger partial charge in [-0.3, -0.25) is 14.4 Å². The zero-order chi connectivity index (χ0) is 34.0. The van der Waals surface area contributed by atoms with Gasteiger partial charge in [0.1, 0.15) is 0 Å². The van der Waals surface area contributed by atoms with Gasteiger partial charge in [-0.15, -0.1) is 0 Å². The summed E-state index contributed by atoms with van der Waals surface area (Å²) in [6.07, 6.45) is 29.2. The van der Waals surface area contributed by atoms with E-state index in [1.807, 2.05) is 0 Å². The molecule has 47 heavy (non-hydrogen) atoms. The molecule has 0 aromatic heterocycles. The van der Waals surface area contributed by atoms with Gasteiger partial charge in [-0.1, -0.05) is 117 Å². The largest absolute Gasteiger partial charge is 0.466 e. The van der Waals surface area contributed by atoms with Crippen LogP contribution in [0.2, 0.25) is 0 Å². The van der Waals surface area contributed by atoms with Gasteiger partial charge in [-0.25, -0.2) is 0 Å². The van der Waals surface area contributed by atoms with Crippen molar-refractivity contribution in [1.82, 2.24) is 4.90 Å². The van der Waals surface area contributed by atoms with Gasteiger partial charge in [0, 0.05) is 19.4 Å². The maximum atomic E-state index is 12.3. The minimum atomic E-state index is -0.365. The molecular formula is C40H73NO6. The summed E-state index contributed by atoms with van der Waals surface area (Å²) in [6, 6.07) is 0. The van der Waals surface area contributed by atoms with Gasteiger partial charge in [-0.05, 0) is 81.7 Å². The molecule has 3 saturated carbocycles. The van der Waals surface area contributed by atoms with Crippen molar-refractivity contribution in [1.29, 1.82) is 0 Å². The van der Waals surface area contributed by atoms with E-state index in [-0.39, 0.29) is 29.9 Å². The highest BCUT2D eigenvalue weighted by atomic mass is 16.6. The summed E-state index contributed by atoms with van der Waals surface area (Å²) in [4.78, 5) is 38.6. The number of hydrogen-bond donors (Lipinski definition) is 1. The SMILES string of the molecule is CCCCCCC(CCCCCC)CCOC(=O)CCCCCCCN(CCO)CCCCCCCC(=O)OC(=O)CC12CC(C1)C2. The molecule has 1 N–H and O–H groups in total. The number of nitrogens with zero attached hydrogens (tertiary/aromatic N) is 1. The van der Waals surface area contributed by atoms with E-state index < -0.39 is 0 Å². The Morgan fingerprint density at radius 2 is 1.15 bits per heavy atom. The molecule has 3 aliphatic rings. The Labute approximate surface area is 288 Å². The van der Waals surface area contributed by atoms with Crippen molar-refractivity contribution in [3.05, 3.63) is 0 Å². The van der Waals surface area contributed by atoms with Crippen molar-refractivity contribution in [2.75, 3.05) is 32.8 Å². The first-order valence-corrected chi connectivity index (χ1v) is 20.1. The van der Waals surface area contributed by atoms with Crippen LogP contribution in [0.3, 0.4) is 0 Å². The molecule has 0 heterocycles. The first-order chi connectivity index (χ1) is 22.9. The summed E-state index contributed by atoms with van der Waals surface area (Å²) in [5.74, 6) is 0.814. The predicted molar refractivity (Wildman–Crippen MR) is 191 cm³/mol. The third-order valence-corrected chi connectivity index (χ3v) is 10.8. The number of unbranched alkanes of at least 4 members (excludes halogenated alkanes) is 14. The Kier molecular flexibility index (Phi) is 23.4. The van der Waals surface area contributed by atoms with Gasteiger partial charge < -0.3 is 19.5 Å². The summed E-state index contributed by atoms with van der Waals surface area (Å²) in [5.41, 5.74) is 0.188. The fourth-order valence-corrected chi connectivity index (χ4v) is 7.71. The average molecular weight is 664 g/mol. The van der Waals surface area contributed by atoms with Crippen LogP contribution in [0.25, 0.3) is 0 Å². The van der Waals surface area contributed by atoms with Crippen LogP contribution in [0, 0.1) is 17.3 Å². The molecular weight excluding hydrogens is 590 g/mol. The molecule has 0 spiro atoms. The number of aliphatic hydroxyl groups excluding tert-OH is 1. The average Bonchev–Trinajstić information content (AvgIpc) is 3.01. The highest BCUT2D eigenvalue weighted by molar-refractivity contribution is 5.85. The molecule has 3 rings (SSSR count). The minimum absolute atomic E-state index is 0.0278. The van der Waals surface area contributed by atoms with E-state index in [0.29, 0.717) is 38.3 Å². The van der Waals surface area contributed by atoms with Gasteiger partial charge in [0.25, 0.3) is 0 Å². The molecule has 0 atom stereocenters. The molecule has 3 aliphatic carbocycles. The zero-order valence-electron chi connectivity index (χ0n) is 30.7. The summed E-state index contributed by atoms with van der Waals surface area (Å²) in [7, 11) is 0. The van der Waals surface area contributed by atoms with Crippen molar-refractivity contribution >= 4 is 17.9 Å². The van der Waals surface area contributed by atoms with Crippen molar-refractivity contribution in [2.45, 2.75) is 187 Å². The van der Waals surface area contributed by atoms with Crippen LogP contribution in [-0.2, 0) is 23.9 Å². The third-order valence-electron chi connectivity index (χ3n) is 10.8. The second kappa shape index (κ2) is 26.4. The van der Waals surface area contributed by atoms with Crippen molar-refractivity contribution in [3.8, 4) is 0 Å². The van der Waals surface area contributed by atoms with Gasteiger partial charge >= 0.3 is 17.9 Å². The lowest BCUT2D eigenvalue weighted by molar-refractivity contribution is -0.171. The lowest BCUT2D eigenvalue weighted by Gasteiger charge is -2.61. The first-order valence-electron chi connectivity index (χ1n) is 20.1. The number of rotatable bonds is 33. The van der Waals surface area contributed by atoms with Crippen LogP contribution >= 0.6 is 0 Å². The van der Waals surface area contributed by atoms with Gasteiger partial charge in [0.05, 0.1) is 19.6 Å². The third kappa shape index (κ3) is 20.0. The van der Waals surface area contributed by atoms with E-state index in [2.05, 4.69) is 18.7 Å². The standard InChI is InChI=1S/C40H73NO6/c1-3-5-7-15-21-35(22-16-8-6-4-2)25-30-46-37(43)23-17-11-9-13-19-26-41(28-29-42)27-20-14-10-12-18-24-38(44)47-39(45)34-40-31-36(32-40)33-40/h35-36,42H,3-34H2,1-2H3. The lowest BCUT2D eigenvalue weighted by atomic mass is 9.43. The number of ether oxygens (including phenoxy) is 2. The molecule has 3 fully saturated rings. The number of esters is 3. The molecule has 0 aromatic carbocycles. The maximum absolute atomic E-state index is 12.3. The molecule has 274 valence electrons. The van der Waals surface area contributed by atoms with E-state index in [1.54, 1.807) is 0 Å². The molecule has 7 heteroatoms. The van der Waals surface area contributed by atoms with Crippen molar-refractivity contribution in [3.63, 3.8) is 0 Å². The van der Waals surface area contributed by atoms with Crippen LogP contribution in [0.4, 0.5) is 0 Å². The second-order valence-electron chi connectivity index (χ2n) is 15.2. The number of carbonyl (C=O) groups is 3. The van der Waals surface area contributed by atoms with E-state index >= 15 is 0 Å². The summed E-state index contributed by atoms with van der Waals surface area (Å²) in [6.45, 7) is 8.00. The molecule has 0 unspecified atom stereocenters. The molecule has 0 aromatic rings.